The number of nitrogens with zero attached hydrogens (tertiary/aromatic N) is 1. The lowest BCUT2D eigenvalue weighted by atomic mass is 10.0. The molecule has 0 aliphatic heterocycles. The van der Waals surface area contributed by atoms with Crippen molar-refractivity contribution in [3.63, 3.8) is 0 Å². The van der Waals surface area contributed by atoms with Crippen molar-refractivity contribution in [1.29, 1.82) is 0 Å². The molecule has 3 aromatic rings. The van der Waals surface area contributed by atoms with Gasteiger partial charge in [0, 0.05) is 10.6 Å². The van der Waals surface area contributed by atoms with Crippen molar-refractivity contribution >= 4 is 33.2 Å². The predicted molar refractivity (Wildman–Crippen MR) is 76.5 cm³/mol. The maximum Gasteiger partial charge on any atom is 0.127 e. The largest absolute Gasteiger partial charge is 0.507 e. The van der Waals surface area contributed by atoms with E-state index in [1.165, 1.54) is 11.3 Å². The van der Waals surface area contributed by atoms with Crippen molar-refractivity contribution in [2.45, 2.75) is 6.92 Å². The van der Waals surface area contributed by atoms with Gasteiger partial charge in [0.2, 0.25) is 0 Å². The molecular weight excluding hydrogens is 266 g/mol. The van der Waals surface area contributed by atoms with Crippen LogP contribution in [0, 0.1) is 6.92 Å². The summed E-state index contributed by atoms with van der Waals surface area (Å²) in [4.78, 5) is 4.31. The van der Waals surface area contributed by atoms with Crippen LogP contribution in [0.1, 0.15) is 5.56 Å². The number of aryl methyl sites for hydroxylation is 1. The lowest BCUT2D eigenvalue weighted by Crippen LogP contribution is -1.84. The first-order valence-corrected chi connectivity index (χ1v) is 6.74. The zero-order chi connectivity index (χ0) is 12.7. The predicted octanol–water partition coefficient (Wildman–Crippen LogP) is 4.63. The van der Waals surface area contributed by atoms with Crippen LogP contribution < -0.4 is 0 Å². The van der Waals surface area contributed by atoms with E-state index in [1.807, 2.05) is 37.3 Å². The van der Waals surface area contributed by atoms with Crippen LogP contribution in [0.25, 0.3) is 21.3 Å². The first kappa shape index (κ1) is 11.5. The molecule has 0 spiro atoms. The summed E-state index contributed by atoms with van der Waals surface area (Å²) in [5, 5.41) is 11.0. The summed E-state index contributed by atoms with van der Waals surface area (Å²) in [5.74, 6) is 0.314. The third-order valence-corrected chi connectivity index (χ3v) is 4.03. The Morgan fingerprint density at radius 3 is 2.67 bits per heavy atom. The van der Waals surface area contributed by atoms with Crippen molar-refractivity contribution in [1.82, 2.24) is 4.98 Å². The molecule has 4 heteroatoms. The number of hydrogen-bond donors (Lipinski definition) is 1. The summed E-state index contributed by atoms with van der Waals surface area (Å²) in [5.41, 5.74) is 5.33. The average molecular weight is 276 g/mol. The van der Waals surface area contributed by atoms with Crippen LogP contribution in [0.4, 0.5) is 0 Å². The third-order valence-electron chi connectivity index (χ3n) is 2.92. The highest BCUT2D eigenvalue weighted by atomic mass is 35.5. The summed E-state index contributed by atoms with van der Waals surface area (Å²) in [6.45, 7) is 1.88. The van der Waals surface area contributed by atoms with Gasteiger partial charge in [0.05, 0.1) is 15.7 Å². The average Bonchev–Trinajstić information content (AvgIpc) is 2.80. The standard InChI is InChI=1S/C14H10ClNOS/c1-8-6-11-14(18-7-16-11)12(13(8)17)9-2-4-10(15)5-3-9/h2-7,17H,1H3. The number of rotatable bonds is 1. The molecule has 18 heavy (non-hydrogen) atoms. The zero-order valence-corrected chi connectivity index (χ0v) is 11.2. The summed E-state index contributed by atoms with van der Waals surface area (Å²) in [6.07, 6.45) is 0. The second-order valence-corrected chi connectivity index (χ2v) is 5.42. The number of fused-ring (bicyclic) bond motifs is 1. The highest BCUT2D eigenvalue weighted by molar-refractivity contribution is 7.17. The summed E-state index contributed by atoms with van der Waals surface area (Å²) in [7, 11) is 0. The molecule has 0 amide bonds. The molecule has 90 valence electrons. The normalized spacial score (nSPS) is 11.0. The maximum absolute atomic E-state index is 10.3. The van der Waals surface area contributed by atoms with Crippen LogP contribution in [0.5, 0.6) is 5.75 Å². The molecule has 1 N–H and O–H groups in total. The molecule has 0 atom stereocenters. The Morgan fingerprint density at radius 2 is 1.94 bits per heavy atom. The van der Waals surface area contributed by atoms with Gasteiger partial charge in [0.25, 0.3) is 0 Å². The molecular formula is C14H10ClNOS. The van der Waals surface area contributed by atoms with Gasteiger partial charge in [-0.1, -0.05) is 23.7 Å². The Kier molecular flexibility index (Phi) is 2.73. The lowest BCUT2D eigenvalue weighted by molar-refractivity contribution is 0.474. The first-order valence-electron chi connectivity index (χ1n) is 5.48. The molecule has 0 saturated carbocycles. The van der Waals surface area contributed by atoms with Gasteiger partial charge in [-0.05, 0) is 36.2 Å². The topological polar surface area (TPSA) is 33.1 Å². The van der Waals surface area contributed by atoms with Gasteiger partial charge >= 0.3 is 0 Å². The molecule has 3 rings (SSSR count). The van der Waals surface area contributed by atoms with Gasteiger partial charge in [-0.15, -0.1) is 11.3 Å². The van der Waals surface area contributed by atoms with Crippen molar-refractivity contribution in [2.75, 3.05) is 0 Å². The minimum atomic E-state index is 0.314. The van der Waals surface area contributed by atoms with E-state index in [0.717, 1.165) is 26.9 Å². The van der Waals surface area contributed by atoms with Gasteiger partial charge in [0.1, 0.15) is 5.75 Å². The Labute approximate surface area is 113 Å². The van der Waals surface area contributed by atoms with Crippen molar-refractivity contribution in [3.05, 3.63) is 46.4 Å². The Balaban J connectivity index is 2.36. The Morgan fingerprint density at radius 1 is 1.22 bits per heavy atom. The minimum absolute atomic E-state index is 0.314. The third kappa shape index (κ3) is 1.76. The van der Waals surface area contributed by atoms with E-state index in [1.54, 1.807) is 5.51 Å². The molecule has 0 saturated heterocycles. The molecule has 0 aliphatic rings. The zero-order valence-electron chi connectivity index (χ0n) is 9.64. The molecule has 2 aromatic carbocycles. The van der Waals surface area contributed by atoms with Gasteiger partial charge in [0.15, 0.2) is 0 Å². The number of hydrogen-bond acceptors (Lipinski definition) is 3. The van der Waals surface area contributed by atoms with Crippen LogP contribution >= 0.6 is 22.9 Å². The summed E-state index contributed by atoms with van der Waals surface area (Å²) < 4.78 is 1.00. The smallest absolute Gasteiger partial charge is 0.127 e. The molecule has 0 bridgehead atoms. The van der Waals surface area contributed by atoms with Crippen LogP contribution in [0.3, 0.4) is 0 Å². The molecule has 1 heterocycles. The fraction of sp³-hybridized carbons (Fsp3) is 0.0714. The van der Waals surface area contributed by atoms with Gasteiger partial charge in [-0.2, -0.15) is 0 Å². The Hall–Kier alpha value is -1.58. The monoisotopic (exact) mass is 275 g/mol. The SMILES string of the molecule is Cc1cc2ncsc2c(-c2ccc(Cl)cc2)c1O. The molecule has 0 radical (unpaired) electrons. The number of halogens is 1. The van der Waals surface area contributed by atoms with E-state index in [2.05, 4.69) is 4.98 Å². The molecule has 0 fully saturated rings. The highest BCUT2D eigenvalue weighted by Gasteiger charge is 2.14. The van der Waals surface area contributed by atoms with Gasteiger partial charge in [-0.25, -0.2) is 4.98 Å². The fourth-order valence-corrected chi connectivity index (χ4v) is 2.97. The van der Waals surface area contributed by atoms with E-state index in [9.17, 15) is 5.11 Å². The summed E-state index contributed by atoms with van der Waals surface area (Å²) in [6, 6.07) is 9.38. The van der Waals surface area contributed by atoms with Crippen molar-refractivity contribution in [2.24, 2.45) is 0 Å². The highest BCUT2D eigenvalue weighted by Crippen LogP contribution is 2.40. The number of phenols is 1. The molecule has 2 nitrogen and oxygen atoms in total. The second-order valence-electron chi connectivity index (χ2n) is 4.12. The number of aromatic hydroxyl groups is 1. The van der Waals surface area contributed by atoms with Crippen LogP contribution in [0.15, 0.2) is 35.8 Å². The number of thiazole rings is 1. The number of aromatic nitrogens is 1. The van der Waals surface area contributed by atoms with Crippen molar-refractivity contribution in [3.8, 4) is 16.9 Å². The van der Waals surface area contributed by atoms with Crippen LogP contribution in [-0.4, -0.2) is 10.1 Å². The van der Waals surface area contributed by atoms with Crippen molar-refractivity contribution < 1.29 is 5.11 Å². The van der Waals surface area contributed by atoms with E-state index >= 15 is 0 Å². The quantitative estimate of drug-likeness (QED) is 0.702. The summed E-state index contributed by atoms with van der Waals surface area (Å²) >= 11 is 7.43. The van der Waals surface area contributed by atoms with Crippen LogP contribution in [0.2, 0.25) is 5.02 Å². The fourth-order valence-electron chi connectivity index (χ4n) is 2.01. The van der Waals surface area contributed by atoms with Crippen LogP contribution in [-0.2, 0) is 0 Å². The maximum atomic E-state index is 10.3. The molecule has 1 aromatic heterocycles. The number of phenolic OH excluding ortho intramolecular Hbond substituents is 1. The molecule has 0 aliphatic carbocycles. The van der Waals surface area contributed by atoms with Gasteiger partial charge < -0.3 is 5.11 Å². The van der Waals surface area contributed by atoms with Gasteiger partial charge in [-0.3, -0.25) is 0 Å². The van der Waals surface area contributed by atoms with E-state index in [-0.39, 0.29) is 0 Å². The Bertz CT molecular complexity index is 718. The molecule has 0 unspecified atom stereocenters. The van der Waals surface area contributed by atoms with E-state index in [0.29, 0.717) is 10.8 Å². The lowest BCUT2D eigenvalue weighted by Gasteiger charge is -2.09. The first-order chi connectivity index (χ1) is 8.66. The minimum Gasteiger partial charge on any atom is -0.507 e. The van der Waals surface area contributed by atoms with E-state index in [4.69, 9.17) is 11.6 Å². The second kappa shape index (κ2) is 4.26. The number of benzene rings is 2. The van der Waals surface area contributed by atoms with E-state index < -0.39 is 0 Å².